The third-order valence-electron chi connectivity index (χ3n) is 3.19. The lowest BCUT2D eigenvalue weighted by molar-refractivity contribution is -0.120. The topological polar surface area (TPSA) is 148 Å². The van der Waals surface area contributed by atoms with Crippen LogP contribution in [0.4, 0.5) is 5.13 Å². The van der Waals surface area contributed by atoms with Gasteiger partial charge in [0.25, 0.3) is 5.91 Å². The highest BCUT2D eigenvalue weighted by Gasteiger charge is 2.15. The van der Waals surface area contributed by atoms with E-state index < -0.39 is 5.91 Å². The molecule has 2 aromatic heterocycles. The molecule has 0 saturated heterocycles. The fourth-order valence-corrected chi connectivity index (χ4v) is 2.72. The molecule has 9 nitrogen and oxygen atoms in total. The number of carbonyl (C=O) groups excluding carboxylic acids is 2. The SMILES string of the molecule is CCC(NC(=O)CNC(=O)c1csc(N=C(N)N)n1)c1cccnc1. The number of aromatic nitrogens is 2. The van der Waals surface area contributed by atoms with Gasteiger partial charge in [-0.3, -0.25) is 14.6 Å². The van der Waals surface area contributed by atoms with E-state index in [-0.39, 0.29) is 35.3 Å². The van der Waals surface area contributed by atoms with Crippen LogP contribution in [0.25, 0.3) is 0 Å². The maximum Gasteiger partial charge on any atom is 0.271 e. The number of hydrogen-bond donors (Lipinski definition) is 4. The molecule has 0 spiro atoms. The van der Waals surface area contributed by atoms with Gasteiger partial charge < -0.3 is 22.1 Å². The first-order chi connectivity index (χ1) is 12.0. The molecule has 0 bridgehead atoms. The molecule has 2 aromatic rings. The first-order valence-corrected chi connectivity index (χ1v) is 8.40. The number of amides is 2. The van der Waals surface area contributed by atoms with E-state index >= 15 is 0 Å². The van der Waals surface area contributed by atoms with E-state index in [4.69, 9.17) is 11.5 Å². The van der Waals surface area contributed by atoms with Gasteiger partial charge in [0.15, 0.2) is 5.96 Å². The summed E-state index contributed by atoms with van der Waals surface area (Å²) in [7, 11) is 0. The van der Waals surface area contributed by atoms with Gasteiger partial charge in [-0.05, 0) is 18.1 Å². The van der Waals surface area contributed by atoms with Crippen LogP contribution < -0.4 is 22.1 Å². The predicted molar refractivity (Wildman–Crippen MR) is 95.3 cm³/mol. The third kappa shape index (κ3) is 5.53. The van der Waals surface area contributed by atoms with E-state index in [0.29, 0.717) is 6.42 Å². The maximum absolute atomic E-state index is 12.1. The highest BCUT2D eigenvalue weighted by Crippen LogP contribution is 2.18. The molecule has 0 fully saturated rings. The first kappa shape index (κ1) is 18.3. The summed E-state index contributed by atoms with van der Waals surface area (Å²) in [5, 5.41) is 7.16. The van der Waals surface area contributed by atoms with Crippen molar-refractivity contribution in [2.75, 3.05) is 6.54 Å². The van der Waals surface area contributed by atoms with E-state index in [2.05, 4.69) is 25.6 Å². The van der Waals surface area contributed by atoms with Gasteiger partial charge in [-0.1, -0.05) is 13.0 Å². The molecule has 0 aromatic carbocycles. The maximum atomic E-state index is 12.1. The zero-order valence-corrected chi connectivity index (χ0v) is 14.4. The van der Waals surface area contributed by atoms with E-state index in [9.17, 15) is 9.59 Å². The standard InChI is InChI=1S/C15H19N7O2S/c1-2-10(9-4-3-5-18-6-9)20-12(23)7-19-13(24)11-8-25-15(21-11)22-14(16)17/h3-6,8,10H,2,7H2,1H3,(H,19,24)(H,20,23)(H4,16,17,21,22). The van der Waals surface area contributed by atoms with Crippen LogP contribution in [0.5, 0.6) is 0 Å². The molecule has 1 atom stereocenters. The van der Waals surface area contributed by atoms with Crippen LogP contribution in [0.3, 0.4) is 0 Å². The van der Waals surface area contributed by atoms with Crippen molar-refractivity contribution in [1.82, 2.24) is 20.6 Å². The second-order valence-electron chi connectivity index (χ2n) is 5.05. The van der Waals surface area contributed by atoms with Gasteiger partial charge in [-0.25, -0.2) is 4.98 Å². The average Bonchev–Trinajstić information content (AvgIpc) is 3.06. The van der Waals surface area contributed by atoms with Gasteiger partial charge in [0.1, 0.15) is 5.69 Å². The molecule has 0 saturated carbocycles. The number of hydrogen-bond acceptors (Lipinski definition) is 6. The van der Waals surface area contributed by atoms with Gasteiger partial charge in [-0.15, -0.1) is 11.3 Å². The molecule has 0 aliphatic carbocycles. The molecule has 0 aliphatic heterocycles. The molecule has 1 unspecified atom stereocenters. The van der Waals surface area contributed by atoms with E-state index in [1.807, 2.05) is 19.1 Å². The summed E-state index contributed by atoms with van der Waals surface area (Å²) in [5.41, 5.74) is 11.6. The highest BCUT2D eigenvalue weighted by molar-refractivity contribution is 7.13. The van der Waals surface area contributed by atoms with Crippen LogP contribution >= 0.6 is 11.3 Å². The molecule has 2 rings (SSSR count). The summed E-state index contributed by atoms with van der Waals surface area (Å²) >= 11 is 1.13. The van der Waals surface area contributed by atoms with E-state index in [0.717, 1.165) is 16.9 Å². The predicted octanol–water partition coefficient (Wildman–Crippen LogP) is 0.440. The van der Waals surface area contributed by atoms with E-state index in [1.165, 1.54) is 5.38 Å². The Morgan fingerprint density at radius 1 is 1.40 bits per heavy atom. The van der Waals surface area contributed by atoms with E-state index in [1.54, 1.807) is 12.4 Å². The van der Waals surface area contributed by atoms with Crippen LogP contribution in [0, 0.1) is 0 Å². The molecular weight excluding hydrogens is 342 g/mol. The normalized spacial score (nSPS) is 11.4. The molecule has 6 N–H and O–H groups in total. The summed E-state index contributed by atoms with van der Waals surface area (Å²) in [6, 6.07) is 3.54. The number of guanidine groups is 1. The number of carbonyl (C=O) groups is 2. The molecule has 10 heteroatoms. The number of aliphatic imine (C=N–C) groups is 1. The largest absolute Gasteiger partial charge is 0.370 e. The van der Waals surface area contributed by atoms with Crippen LogP contribution in [0.1, 0.15) is 35.4 Å². The second-order valence-corrected chi connectivity index (χ2v) is 5.89. The lowest BCUT2D eigenvalue weighted by Crippen LogP contribution is -2.38. The zero-order chi connectivity index (χ0) is 18.2. The van der Waals surface area contributed by atoms with Crippen LogP contribution in [0.15, 0.2) is 34.9 Å². The molecule has 0 radical (unpaired) electrons. The lowest BCUT2D eigenvalue weighted by atomic mass is 10.1. The highest BCUT2D eigenvalue weighted by atomic mass is 32.1. The molecule has 2 amide bonds. The van der Waals surface area contributed by atoms with Gasteiger partial charge in [0, 0.05) is 17.8 Å². The molecule has 25 heavy (non-hydrogen) atoms. The number of nitrogens with one attached hydrogen (secondary N) is 2. The van der Waals surface area contributed by atoms with Crippen LogP contribution in [-0.4, -0.2) is 34.3 Å². The number of pyridine rings is 1. The summed E-state index contributed by atoms with van der Waals surface area (Å²) in [5.74, 6) is -0.914. The molecule has 2 heterocycles. The fraction of sp³-hybridized carbons (Fsp3) is 0.267. The van der Waals surface area contributed by atoms with Crippen molar-refractivity contribution in [1.29, 1.82) is 0 Å². The summed E-state index contributed by atoms with van der Waals surface area (Å²) in [6.45, 7) is 1.79. The number of nitrogens with two attached hydrogens (primary N) is 2. The van der Waals surface area contributed by atoms with Crippen molar-refractivity contribution < 1.29 is 9.59 Å². The van der Waals surface area contributed by atoms with Crippen molar-refractivity contribution in [3.8, 4) is 0 Å². The second kappa shape index (κ2) is 8.73. The quantitative estimate of drug-likeness (QED) is 0.415. The van der Waals surface area contributed by atoms with Crippen molar-refractivity contribution in [2.24, 2.45) is 16.5 Å². The summed E-state index contributed by atoms with van der Waals surface area (Å²) < 4.78 is 0. The smallest absolute Gasteiger partial charge is 0.271 e. The molecule has 0 aliphatic rings. The zero-order valence-electron chi connectivity index (χ0n) is 13.6. The Morgan fingerprint density at radius 3 is 2.84 bits per heavy atom. The van der Waals surface area contributed by atoms with Gasteiger partial charge in [0.05, 0.1) is 12.6 Å². The van der Waals surface area contributed by atoms with Crippen LogP contribution in [0.2, 0.25) is 0 Å². The van der Waals surface area contributed by atoms with Crippen molar-refractivity contribution >= 4 is 34.2 Å². The van der Waals surface area contributed by atoms with Gasteiger partial charge in [0.2, 0.25) is 11.0 Å². The molecular formula is C15H19N7O2S. The van der Waals surface area contributed by atoms with Crippen molar-refractivity contribution in [3.05, 3.63) is 41.2 Å². The monoisotopic (exact) mass is 361 g/mol. The van der Waals surface area contributed by atoms with Crippen molar-refractivity contribution in [3.63, 3.8) is 0 Å². The Labute approximate surface area is 148 Å². The minimum Gasteiger partial charge on any atom is -0.370 e. The van der Waals surface area contributed by atoms with Crippen molar-refractivity contribution in [2.45, 2.75) is 19.4 Å². The average molecular weight is 361 g/mol. The Balaban J connectivity index is 1.87. The number of thiazole rings is 1. The third-order valence-corrected chi connectivity index (χ3v) is 3.92. The summed E-state index contributed by atoms with van der Waals surface area (Å²) in [4.78, 5) is 35.8. The lowest BCUT2D eigenvalue weighted by Gasteiger charge is -2.17. The Morgan fingerprint density at radius 2 is 2.20 bits per heavy atom. The number of rotatable bonds is 7. The minimum absolute atomic E-state index is 0.137. The first-order valence-electron chi connectivity index (χ1n) is 7.52. The summed E-state index contributed by atoms with van der Waals surface area (Å²) in [6.07, 6.45) is 4.08. The van der Waals surface area contributed by atoms with Gasteiger partial charge >= 0.3 is 0 Å². The Hall–Kier alpha value is -3.01. The fourth-order valence-electron chi connectivity index (χ4n) is 2.03. The molecule has 132 valence electrons. The van der Waals surface area contributed by atoms with Crippen LogP contribution in [-0.2, 0) is 4.79 Å². The minimum atomic E-state index is -0.474. The number of nitrogens with zero attached hydrogens (tertiary/aromatic N) is 3. The van der Waals surface area contributed by atoms with Gasteiger partial charge in [-0.2, -0.15) is 4.99 Å². The Kier molecular flexibility index (Phi) is 6.40. The Bertz CT molecular complexity index is 756.